The minimum absolute atomic E-state index is 0.0952. The molecule has 0 amide bonds. The number of ether oxygens (including phenoxy) is 1. The fourth-order valence-corrected chi connectivity index (χ4v) is 1.49. The number of hydrogen-bond donors (Lipinski definition) is 0. The van der Waals surface area contributed by atoms with Crippen LogP contribution in [0.5, 0.6) is 5.75 Å². The molecule has 6 nitrogen and oxygen atoms in total. The maximum atomic E-state index is 11.6. The van der Waals surface area contributed by atoms with Crippen molar-refractivity contribution in [2.75, 3.05) is 13.0 Å². The zero-order valence-electron chi connectivity index (χ0n) is 8.77. The van der Waals surface area contributed by atoms with E-state index in [4.69, 9.17) is 21.6 Å². The number of hydrogen-bond acceptors (Lipinski definition) is 5. The predicted molar refractivity (Wildman–Crippen MR) is 59.4 cm³/mol. The third kappa shape index (κ3) is 2.34. The monoisotopic (exact) mass is 254 g/mol. The summed E-state index contributed by atoms with van der Waals surface area (Å²) in [5.74, 6) is -0.881. The molecule has 17 heavy (non-hydrogen) atoms. The number of nitro groups is 1. The molecular formula is C10H7ClN2O4. The average molecular weight is 255 g/mol. The number of alkyl halides is 1. The van der Waals surface area contributed by atoms with E-state index in [1.807, 2.05) is 0 Å². The van der Waals surface area contributed by atoms with Crippen LogP contribution in [0.25, 0.3) is 0 Å². The first-order chi connectivity index (χ1) is 8.06. The molecule has 7 heteroatoms. The van der Waals surface area contributed by atoms with Crippen molar-refractivity contribution in [1.82, 2.24) is 0 Å². The van der Waals surface area contributed by atoms with Gasteiger partial charge in [0, 0.05) is 6.07 Å². The maximum absolute atomic E-state index is 11.6. The molecule has 0 N–H and O–H groups in total. The molecule has 0 fully saturated rings. The summed E-state index contributed by atoms with van der Waals surface area (Å²) in [4.78, 5) is 21.5. The smallest absolute Gasteiger partial charge is 0.288 e. The molecule has 0 saturated carbocycles. The van der Waals surface area contributed by atoms with Crippen molar-refractivity contribution >= 4 is 23.1 Å². The Morgan fingerprint density at radius 1 is 1.65 bits per heavy atom. The molecule has 1 aromatic carbocycles. The Hall–Kier alpha value is -2.13. The standard InChI is InChI=1S/C10H7ClN2O4/c1-17-9-3-2-7(13(15)16)6(5-12)10(9)8(14)4-11/h2-3H,4H2,1H3. The average Bonchev–Trinajstić information content (AvgIpc) is 2.35. The molecule has 0 bridgehead atoms. The lowest BCUT2D eigenvalue weighted by Crippen LogP contribution is -2.08. The predicted octanol–water partition coefficient (Wildman–Crippen LogP) is 1.90. The zero-order valence-corrected chi connectivity index (χ0v) is 9.52. The molecule has 0 spiro atoms. The van der Waals surface area contributed by atoms with E-state index in [-0.39, 0.29) is 22.8 Å². The van der Waals surface area contributed by atoms with E-state index in [0.29, 0.717) is 0 Å². The van der Waals surface area contributed by atoms with Gasteiger partial charge in [0.1, 0.15) is 17.4 Å². The van der Waals surface area contributed by atoms with E-state index in [1.165, 1.54) is 13.2 Å². The van der Waals surface area contributed by atoms with Gasteiger partial charge in [0.2, 0.25) is 0 Å². The lowest BCUT2D eigenvalue weighted by Gasteiger charge is -2.07. The van der Waals surface area contributed by atoms with Gasteiger partial charge in [-0.3, -0.25) is 14.9 Å². The largest absolute Gasteiger partial charge is 0.496 e. The van der Waals surface area contributed by atoms with Crippen LogP contribution in [0.2, 0.25) is 0 Å². The van der Waals surface area contributed by atoms with Crippen LogP contribution < -0.4 is 4.74 Å². The Bertz CT molecular complexity index is 522. The normalized spacial score (nSPS) is 9.47. The second-order valence-electron chi connectivity index (χ2n) is 2.96. The first kappa shape index (κ1) is 12.9. The summed E-state index contributed by atoms with van der Waals surface area (Å²) in [6.45, 7) is 0. The maximum Gasteiger partial charge on any atom is 0.288 e. The van der Waals surface area contributed by atoms with Gasteiger partial charge in [0.05, 0.1) is 23.5 Å². The third-order valence-electron chi connectivity index (χ3n) is 2.07. The van der Waals surface area contributed by atoms with E-state index >= 15 is 0 Å². The van der Waals surface area contributed by atoms with Gasteiger partial charge in [-0.05, 0) is 6.07 Å². The highest BCUT2D eigenvalue weighted by molar-refractivity contribution is 6.31. The Morgan fingerprint density at radius 3 is 2.71 bits per heavy atom. The highest BCUT2D eigenvalue weighted by atomic mass is 35.5. The van der Waals surface area contributed by atoms with Crippen LogP contribution in [0.3, 0.4) is 0 Å². The van der Waals surface area contributed by atoms with E-state index in [9.17, 15) is 14.9 Å². The van der Waals surface area contributed by atoms with Crippen molar-refractivity contribution in [1.29, 1.82) is 5.26 Å². The number of carbonyl (C=O) groups is 1. The molecule has 0 heterocycles. The van der Waals surface area contributed by atoms with Crippen LogP contribution in [0, 0.1) is 21.4 Å². The topological polar surface area (TPSA) is 93.2 Å². The number of carbonyl (C=O) groups excluding carboxylic acids is 1. The molecule has 0 saturated heterocycles. The Balaban J connectivity index is 3.62. The van der Waals surface area contributed by atoms with Crippen molar-refractivity contribution < 1.29 is 14.5 Å². The number of nitriles is 1. The quantitative estimate of drug-likeness (QED) is 0.354. The number of Topliss-reactive ketones (excluding diaryl/α,β-unsaturated/α-hetero) is 1. The summed E-state index contributed by atoms with van der Waals surface area (Å²) >= 11 is 5.39. The van der Waals surface area contributed by atoms with Gasteiger partial charge < -0.3 is 4.74 Å². The first-order valence-electron chi connectivity index (χ1n) is 4.41. The fourth-order valence-electron chi connectivity index (χ4n) is 1.35. The van der Waals surface area contributed by atoms with Gasteiger partial charge in [-0.15, -0.1) is 11.6 Å². The van der Waals surface area contributed by atoms with Gasteiger partial charge in [0.15, 0.2) is 5.78 Å². The Kier molecular flexibility index (Phi) is 4.01. The fraction of sp³-hybridized carbons (Fsp3) is 0.200. The zero-order chi connectivity index (χ0) is 13.0. The third-order valence-corrected chi connectivity index (χ3v) is 2.32. The van der Waals surface area contributed by atoms with E-state index in [1.54, 1.807) is 6.07 Å². The van der Waals surface area contributed by atoms with Gasteiger partial charge in [-0.2, -0.15) is 5.26 Å². The second-order valence-corrected chi connectivity index (χ2v) is 3.23. The summed E-state index contributed by atoms with van der Waals surface area (Å²) in [6.07, 6.45) is 0. The molecule has 1 rings (SSSR count). The molecule has 0 aliphatic heterocycles. The number of nitrogens with zero attached hydrogens (tertiary/aromatic N) is 2. The van der Waals surface area contributed by atoms with E-state index < -0.39 is 16.4 Å². The number of nitro benzene ring substituents is 1. The number of rotatable bonds is 4. The van der Waals surface area contributed by atoms with Gasteiger partial charge >= 0.3 is 0 Å². The molecule has 1 aromatic rings. The minimum Gasteiger partial charge on any atom is -0.496 e. The highest BCUT2D eigenvalue weighted by Crippen LogP contribution is 2.30. The van der Waals surface area contributed by atoms with Crippen molar-refractivity contribution in [2.45, 2.75) is 0 Å². The molecule has 0 atom stereocenters. The Morgan fingerprint density at radius 2 is 2.29 bits per heavy atom. The molecule has 88 valence electrons. The number of benzene rings is 1. The lowest BCUT2D eigenvalue weighted by molar-refractivity contribution is -0.385. The van der Waals surface area contributed by atoms with Crippen LogP contribution in [-0.2, 0) is 0 Å². The SMILES string of the molecule is COc1ccc([N+](=O)[O-])c(C#N)c1C(=O)CCl. The summed E-state index contributed by atoms with van der Waals surface area (Å²) < 4.78 is 4.89. The first-order valence-corrected chi connectivity index (χ1v) is 4.94. The van der Waals surface area contributed by atoms with Gasteiger partial charge in [-0.25, -0.2) is 0 Å². The number of halogens is 1. The molecule has 0 unspecified atom stereocenters. The van der Waals surface area contributed by atoms with Crippen molar-refractivity contribution in [3.8, 4) is 11.8 Å². The van der Waals surface area contributed by atoms with Gasteiger partial charge in [-0.1, -0.05) is 0 Å². The van der Waals surface area contributed by atoms with Crippen LogP contribution in [0.4, 0.5) is 5.69 Å². The van der Waals surface area contributed by atoms with Crippen LogP contribution >= 0.6 is 11.6 Å². The molecule has 0 radical (unpaired) electrons. The lowest BCUT2D eigenvalue weighted by atomic mass is 10.0. The highest BCUT2D eigenvalue weighted by Gasteiger charge is 2.25. The van der Waals surface area contributed by atoms with Crippen molar-refractivity contribution in [3.05, 3.63) is 33.4 Å². The van der Waals surface area contributed by atoms with Crippen LogP contribution in [0.1, 0.15) is 15.9 Å². The van der Waals surface area contributed by atoms with E-state index in [0.717, 1.165) is 6.07 Å². The van der Waals surface area contributed by atoms with E-state index in [2.05, 4.69) is 0 Å². The summed E-state index contributed by atoms with van der Waals surface area (Å²) in [7, 11) is 1.30. The second kappa shape index (κ2) is 5.27. The molecule has 0 aromatic heterocycles. The summed E-state index contributed by atoms with van der Waals surface area (Å²) in [6, 6.07) is 4.01. The van der Waals surface area contributed by atoms with Crippen molar-refractivity contribution in [2.24, 2.45) is 0 Å². The van der Waals surface area contributed by atoms with Gasteiger partial charge in [0.25, 0.3) is 5.69 Å². The number of methoxy groups -OCH3 is 1. The van der Waals surface area contributed by atoms with Crippen LogP contribution in [0.15, 0.2) is 12.1 Å². The molecular weight excluding hydrogens is 248 g/mol. The Labute approximate surface area is 102 Å². The molecule has 0 aliphatic carbocycles. The number of ketones is 1. The molecule has 0 aliphatic rings. The van der Waals surface area contributed by atoms with Crippen LogP contribution in [-0.4, -0.2) is 23.7 Å². The van der Waals surface area contributed by atoms with Crippen molar-refractivity contribution in [3.63, 3.8) is 0 Å². The summed E-state index contributed by atoms with van der Waals surface area (Å²) in [5, 5.41) is 19.6. The minimum atomic E-state index is -0.733. The summed E-state index contributed by atoms with van der Waals surface area (Å²) in [5.41, 5.74) is -0.930.